The highest BCUT2D eigenvalue weighted by Crippen LogP contribution is 2.16. The van der Waals surface area contributed by atoms with Crippen LogP contribution in [0, 0.1) is 0 Å². The third kappa shape index (κ3) is 8.01. The van der Waals surface area contributed by atoms with Crippen molar-refractivity contribution >= 4 is 18.1 Å². The molecule has 0 heterocycles. The lowest BCUT2D eigenvalue weighted by Crippen LogP contribution is -2.15. The Kier molecular flexibility index (Phi) is 9.65. The molecule has 32 heavy (non-hydrogen) atoms. The molecule has 0 radical (unpaired) electrons. The molecule has 0 fully saturated rings. The molecule has 9 heteroatoms. The van der Waals surface area contributed by atoms with Gasteiger partial charge in [-0.05, 0) is 47.2 Å². The van der Waals surface area contributed by atoms with Crippen LogP contribution >= 0.6 is 0 Å². The molecular weight excluding hydrogens is 420 g/mol. The topological polar surface area (TPSA) is 107 Å². The Labute approximate surface area is 186 Å². The van der Waals surface area contributed by atoms with Gasteiger partial charge in [-0.25, -0.2) is 14.4 Å². The second-order valence-corrected chi connectivity index (χ2v) is 7.31. The lowest BCUT2D eigenvalue weighted by Gasteiger charge is -2.08. The van der Waals surface area contributed by atoms with Crippen molar-refractivity contribution in [2.45, 2.75) is 39.5 Å². The lowest BCUT2D eigenvalue weighted by molar-refractivity contribution is -0.297. The molecule has 2 aromatic carbocycles. The average molecular weight is 446 g/mol. The summed E-state index contributed by atoms with van der Waals surface area (Å²) in [6, 6.07) is 13.7. The molecule has 9 nitrogen and oxygen atoms in total. The monoisotopic (exact) mass is 446 g/mol. The molecule has 0 aliphatic heterocycles. The molecule has 0 aliphatic carbocycles. The molecule has 0 atom stereocenters. The summed E-state index contributed by atoms with van der Waals surface area (Å²) in [5.41, 5.74) is 2.72. The van der Waals surface area contributed by atoms with Crippen LogP contribution in [0.2, 0.25) is 0 Å². The van der Waals surface area contributed by atoms with Crippen molar-refractivity contribution in [1.82, 2.24) is 0 Å². The molecule has 0 aromatic heterocycles. The van der Waals surface area contributed by atoms with Gasteiger partial charge in [0.1, 0.15) is 0 Å². The Morgan fingerprint density at radius 2 is 0.969 bits per heavy atom. The minimum absolute atomic E-state index is 0.283. The van der Waals surface area contributed by atoms with Gasteiger partial charge in [0.05, 0.1) is 11.1 Å². The van der Waals surface area contributed by atoms with Gasteiger partial charge in [-0.1, -0.05) is 52.0 Å². The first kappa shape index (κ1) is 24.8. The van der Waals surface area contributed by atoms with Crippen molar-refractivity contribution in [2.24, 2.45) is 0 Å². The Morgan fingerprint density at radius 1 is 0.625 bits per heavy atom. The van der Waals surface area contributed by atoms with E-state index >= 15 is 0 Å². The number of rotatable bonds is 10. The zero-order valence-electron chi connectivity index (χ0n) is 18.4. The van der Waals surface area contributed by atoms with Crippen molar-refractivity contribution in [3.63, 3.8) is 0 Å². The number of hydrogen-bond acceptors (Lipinski definition) is 9. The summed E-state index contributed by atoms with van der Waals surface area (Å²) in [6.45, 7) is 6.74. The molecule has 0 bridgehead atoms. The van der Waals surface area contributed by atoms with Gasteiger partial charge >= 0.3 is 18.1 Å². The maximum Gasteiger partial charge on any atom is 0.512 e. The van der Waals surface area contributed by atoms with Crippen molar-refractivity contribution in [3.8, 4) is 0 Å². The SMILES string of the molecule is CC(C)c1ccc(C(=O)OOCOC(=O)OCOOC(=O)c2ccc(C(C)C)cc2)cc1. The summed E-state index contributed by atoms with van der Waals surface area (Å²) in [5.74, 6) is -0.818. The normalized spacial score (nSPS) is 10.7. The van der Waals surface area contributed by atoms with E-state index in [-0.39, 0.29) is 11.1 Å². The van der Waals surface area contributed by atoms with Crippen LogP contribution < -0.4 is 0 Å². The first-order chi connectivity index (χ1) is 15.3. The minimum atomic E-state index is -1.18. The van der Waals surface area contributed by atoms with E-state index in [9.17, 15) is 14.4 Å². The number of hydrogen-bond donors (Lipinski definition) is 0. The number of ether oxygens (including phenoxy) is 2. The van der Waals surface area contributed by atoms with E-state index in [0.717, 1.165) is 11.1 Å². The minimum Gasteiger partial charge on any atom is -0.403 e. The van der Waals surface area contributed by atoms with Crippen LogP contribution in [-0.2, 0) is 29.0 Å². The lowest BCUT2D eigenvalue weighted by atomic mass is 10.0. The molecule has 0 N–H and O–H groups in total. The zero-order valence-corrected chi connectivity index (χ0v) is 18.4. The maximum atomic E-state index is 11.8. The van der Waals surface area contributed by atoms with Crippen LogP contribution in [0.5, 0.6) is 0 Å². The molecule has 0 aliphatic rings. The van der Waals surface area contributed by atoms with Gasteiger partial charge in [-0.15, -0.1) is 9.78 Å². The highest BCUT2D eigenvalue weighted by atomic mass is 17.2. The van der Waals surface area contributed by atoms with Crippen LogP contribution in [-0.4, -0.2) is 31.7 Å². The summed E-state index contributed by atoms with van der Waals surface area (Å²) < 4.78 is 9.05. The first-order valence-electron chi connectivity index (χ1n) is 9.95. The maximum absolute atomic E-state index is 11.8. The summed E-state index contributed by atoms with van der Waals surface area (Å²) in [7, 11) is 0. The molecule has 0 saturated heterocycles. The highest BCUT2D eigenvalue weighted by Gasteiger charge is 2.12. The molecule has 2 rings (SSSR count). The predicted octanol–water partition coefficient (Wildman–Crippen LogP) is 4.88. The summed E-state index contributed by atoms with van der Waals surface area (Å²) in [6.07, 6.45) is -1.18. The van der Waals surface area contributed by atoms with Crippen molar-refractivity contribution in [3.05, 3.63) is 70.8 Å². The van der Waals surface area contributed by atoms with Crippen LogP contribution in [0.3, 0.4) is 0 Å². The molecule has 0 saturated carbocycles. The largest absolute Gasteiger partial charge is 0.512 e. The fourth-order valence-corrected chi connectivity index (χ4v) is 2.45. The van der Waals surface area contributed by atoms with E-state index in [1.165, 1.54) is 0 Å². The van der Waals surface area contributed by atoms with Crippen LogP contribution in [0.15, 0.2) is 48.5 Å². The van der Waals surface area contributed by atoms with Gasteiger partial charge in [-0.3, -0.25) is 9.78 Å². The number of carbonyl (C=O) groups is 3. The Balaban J connectivity index is 1.58. The fourth-order valence-electron chi connectivity index (χ4n) is 2.45. The van der Waals surface area contributed by atoms with E-state index in [0.29, 0.717) is 11.8 Å². The van der Waals surface area contributed by atoms with E-state index in [4.69, 9.17) is 0 Å². The van der Waals surface area contributed by atoms with Gasteiger partial charge in [-0.2, -0.15) is 0 Å². The van der Waals surface area contributed by atoms with Crippen molar-refractivity contribution in [2.75, 3.05) is 13.6 Å². The summed E-state index contributed by atoms with van der Waals surface area (Å²) in [4.78, 5) is 53.2. The van der Waals surface area contributed by atoms with E-state index in [1.807, 2.05) is 52.0 Å². The van der Waals surface area contributed by atoms with E-state index < -0.39 is 31.7 Å². The van der Waals surface area contributed by atoms with Gasteiger partial charge in [0, 0.05) is 0 Å². The highest BCUT2D eigenvalue weighted by molar-refractivity contribution is 5.89. The first-order valence-corrected chi connectivity index (χ1v) is 9.95. The van der Waals surface area contributed by atoms with E-state index in [1.54, 1.807) is 24.3 Å². The smallest absolute Gasteiger partial charge is 0.403 e. The van der Waals surface area contributed by atoms with Gasteiger partial charge in [0.2, 0.25) is 13.6 Å². The molecule has 0 amide bonds. The quantitative estimate of drug-likeness (QED) is 0.166. The van der Waals surface area contributed by atoms with Crippen molar-refractivity contribution in [1.29, 1.82) is 0 Å². The third-order valence-corrected chi connectivity index (χ3v) is 4.35. The standard InChI is InChI=1S/C23H26O9/c1-15(2)17-5-9-19(10-6-17)21(24)31-29-13-27-23(26)28-14-30-32-22(25)20-11-7-18(8-12-20)16(3)4/h5-12,15-16H,13-14H2,1-4H3. The van der Waals surface area contributed by atoms with Crippen LogP contribution in [0.4, 0.5) is 4.79 Å². The molecule has 0 spiro atoms. The van der Waals surface area contributed by atoms with Gasteiger partial charge in [0.15, 0.2) is 0 Å². The third-order valence-electron chi connectivity index (χ3n) is 4.35. The Bertz CT molecular complexity index is 813. The average Bonchev–Trinajstić information content (AvgIpc) is 2.79. The Hall–Kier alpha value is -3.43. The number of carbonyl (C=O) groups excluding carboxylic acids is 3. The number of benzene rings is 2. The summed E-state index contributed by atoms with van der Waals surface area (Å²) >= 11 is 0. The molecule has 0 unspecified atom stereocenters. The predicted molar refractivity (Wildman–Crippen MR) is 111 cm³/mol. The van der Waals surface area contributed by atoms with Gasteiger partial charge < -0.3 is 9.47 Å². The molecule has 172 valence electrons. The van der Waals surface area contributed by atoms with Crippen LogP contribution in [0.1, 0.15) is 71.4 Å². The Morgan fingerprint density at radius 3 is 1.28 bits per heavy atom. The molecular formula is C23H26O9. The van der Waals surface area contributed by atoms with Crippen LogP contribution in [0.25, 0.3) is 0 Å². The fraction of sp³-hybridized carbons (Fsp3) is 0.348. The second kappa shape index (κ2) is 12.4. The zero-order chi connectivity index (χ0) is 23.5. The van der Waals surface area contributed by atoms with E-state index in [2.05, 4.69) is 29.0 Å². The molecule has 2 aromatic rings. The van der Waals surface area contributed by atoms with Gasteiger partial charge in [0.25, 0.3) is 0 Å². The summed E-state index contributed by atoms with van der Waals surface area (Å²) in [5, 5.41) is 0. The van der Waals surface area contributed by atoms with Crippen molar-refractivity contribution < 1.29 is 43.4 Å². The second-order valence-electron chi connectivity index (χ2n) is 7.31.